The first-order valence-electron chi connectivity index (χ1n) is 7.29. The summed E-state index contributed by atoms with van der Waals surface area (Å²) in [5, 5.41) is 9.06. The van der Waals surface area contributed by atoms with Gasteiger partial charge in [-0.3, -0.25) is 0 Å². The molecule has 3 nitrogen and oxygen atoms in total. The van der Waals surface area contributed by atoms with Gasteiger partial charge >= 0.3 is 5.97 Å². The largest absolute Gasteiger partial charge is 0.466 e. The topological polar surface area (TPSA) is 46.5 Å². The lowest BCUT2D eigenvalue weighted by Gasteiger charge is -2.11. The first-order chi connectivity index (χ1) is 11.1. The van der Waals surface area contributed by atoms with Crippen molar-refractivity contribution < 1.29 is 19.0 Å². The lowest BCUT2D eigenvalue weighted by molar-refractivity contribution is -0.136. The van der Waals surface area contributed by atoms with E-state index in [-0.39, 0.29) is 12.4 Å². The fourth-order valence-electron chi connectivity index (χ4n) is 2.40. The Balaban J connectivity index is 2.40. The number of carbonyl (C=O) groups excluding carboxylic acids is 1. The van der Waals surface area contributed by atoms with Gasteiger partial charge in [-0.25, -0.2) is 9.18 Å². The van der Waals surface area contributed by atoms with Crippen molar-refractivity contribution in [2.45, 2.75) is 13.3 Å². The number of rotatable bonds is 5. The van der Waals surface area contributed by atoms with Crippen molar-refractivity contribution in [2.75, 3.05) is 13.7 Å². The zero-order chi connectivity index (χ0) is 16.8. The van der Waals surface area contributed by atoms with Gasteiger partial charge < -0.3 is 9.84 Å². The van der Waals surface area contributed by atoms with Crippen LogP contribution in [0.5, 0.6) is 0 Å². The van der Waals surface area contributed by atoms with E-state index >= 15 is 0 Å². The van der Waals surface area contributed by atoms with Crippen LogP contribution in [0.2, 0.25) is 0 Å². The Kier molecular flexibility index (Phi) is 5.66. The third-order valence-corrected chi connectivity index (χ3v) is 3.70. The molecule has 0 fully saturated rings. The van der Waals surface area contributed by atoms with Gasteiger partial charge in [0.05, 0.1) is 13.7 Å². The number of ether oxygens (including phenoxy) is 1. The summed E-state index contributed by atoms with van der Waals surface area (Å²) in [5.74, 6) is -0.767. The summed E-state index contributed by atoms with van der Waals surface area (Å²) in [5.41, 5.74) is 3.51. The van der Waals surface area contributed by atoms with Crippen molar-refractivity contribution in [1.29, 1.82) is 0 Å². The second-order valence-electron chi connectivity index (χ2n) is 5.20. The van der Waals surface area contributed by atoms with Crippen LogP contribution in [-0.2, 0) is 16.0 Å². The molecule has 23 heavy (non-hydrogen) atoms. The van der Waals surface area contributed by atoms with Gasteiger partial charge in [0, 0.05) is 17.6 Å². The van der Waals surface area contributed by atoms with Gasteiger partial charge in [-0.1, -0.05) is 36.4 Å². The maximum atomic E-state index is 14.0. The van der Waals surface area contributed by atoms with Gasteiger partial charge in [-0.2, -0.15) is 0 Å². The molecule has 2 aromatic carbocycles. The molecule has 0 saturated carbocycles. The fourth-order valence-corrected chi connectivity index (χ4v) is 2.40. The number of hydrogen-bond acceptors (Lipinski definition) is 3. The highest BCUT2D eigenvalue weighted by atomic mass is 19.1. The smallest absolute Gasteiger partial charge is 0.333 e. The summed E-state index contributed by atoms with van der Waals surface area (Å²) in [6, 6.07) is 12.2. The van der Waals surface area contributed by atoms with Crippen LogP contribution >= 0.6 is 0 Å². The number of aliphatic hydroxyl groups excluding tert-OH is 1. The van der Waals surface area contributed by atoms with Gasteiger partial charge in [0.15, 0.2) is 0 Å². The monoisotopic (exact) mass is 314 g/mol. The van der Waals surface area contributed by atoms with Gasteiger partial charge in [0.25, 0.3) is 0 Å². The van der Waals surface area contributed by atoms with E-state index < -0.39 is 5.97 Å². The standard InChI is InChI=1S/C19H19FO3/c1-13-7-8-14(17-5-3-4-6-18(17)20)11-16(13)12-15(9-10-21)19(22)23-2/h3-9,11,21H,10,12H2,1-2H3/b15-9+. The molecular weight excluding hydrogens is 295 g/mol. The van der Waals surface area contributed by atoms with E-state index in [9.17, 15) is 9.18 Å². The average molecular weight is 314 g/mol. The van der Waals surface area contributed by atoms with Crippen LogP contribution in [0.1, 0.15) is 11.1 Å². The third kappa shape index (κ3) is 4.05. The highest BCUT2D eigenvalue weighted by molar-refractivity contribution is 5.89. The van der Waals surface area contributed by atoms with Gasteiger partial charge in [0.1, 0.15) is 5.82 Å². The van der Waals surface area contributed by atoms with E-state index in [1.165, 1.54) is 19.3 Å². The Labute approximate surface area is 135 Å². The molecular formula is C19H19FO3. The molecule has 0 atom stereocenters. The second-order valence-corrected chi connectivity index (χ2v) is 5.20. The van der Waals surface area contributed by atoms with Crippen molar-refractivity contribution in [3.05, 3.63) is 71.1 Å². The number of esters is 1. The molecule has 0 heterocycles. The zero-order valence-electron chi connectivity index (χ0n) is 13.2. The van der Waals surface area contributed by atoms with Gasteiger partial charge in [-0.15, -0.1) is 0 Å². The van der Waals surface area contributed by atoms with Gasteiger partial charge in [0.2, 0.25) is 0 Å². The number of carbonyl (C=O) groups is 1. The van der Waals surface area contributed by atoms with Crippen LogP contribution in [-0.4, -0.2) is 24.8 Å². The second kappa shape index (κ2) is 7.70. The molecule has 0 aliphatic carbocycles. The molecule has 0 saturated heterocycles. The maximum absolute atomic E-state index is 14.0. The van der Waals surface area contributed by atoms with Crippen molar-refractivity contribution in [3.8, 4) is 11.1 Å². The summed E-state index contributed by atoms with van der Waals surface area (Å²) >= 11 is 0. The van der Waals surface area contributed by atoms with Crippen LogP contribution in [0.3, 0.4) is 0 Å². The summed E-state index contributed by atoms with van der Waals surface area (Å²) < 4.78 is 18.7. The summed E-state index contributed by atoms with van der Waals surface area (Å²) in [6.45, 7) is 1.69. The highest BCUT2D eigenvalue weighted by Crippen LogP contribution is 2.26. The predicted octanol–water partition coefficient (Wildman–Crippen LogP) is 3.44. The minimum Gasteiger partial charge on any atom is -0.466 e. The lowest BCUT2D eigenvalue weighted by atomic mass is 9.95. The van der Waals surface area contributed by atoms with Crippen molar-refractivity contribution >= 4 is 5.97 Å². The fraction of sp³-hybridized carbons (Fsp3) is 0.211. The summed E-state index contributed by atoms with van der Waals surface area (Å²) in [6.07, 6.45) is 1.75. The van der Waals surface area contributed by atoms with E-state index in [0.29, 0.717) is 17.6 Å². The van der Waals surface area contributed by atoms with Crippen LogP contribution in [0.4, 0.5) is 4.39 Å². The van der Waals surface area contributed by atoms with Crippen molar-refractivity contribution in [2.24, 2.45) is 0 Å². The Bertz CT molecular complexity index is 735. The van der Waals surface area contributed by atoms with Crippen LogP contribution in [0, 0.1) is 12.7 Å². The van der Waals surface area contributed by atoms with E-state index in [2.05, 4.69) is 0 Å². The summed E-state index contributed by atoms with van der Waals surface area (Å²) in [4.78, 5) is 11.8. The third-order valence-electron chi connectivity index (χ3n) is 3.70. The Morgan fingerprint density at radius 2 is 2.00 bits per heavy atom. The number of aliphatic hydroxyl groups is 1. The molecule has 0 spiro atoms. The zero-order valence-corrected chi connectivity index (χ0v) is 13.2. The molecule has 1 N–H and O–H groups in total. The Hall–Kier alpha value is -2.46. The lowest BCUT2D eigenvalue weighted by Crippen LogP contribution is -2.09. The molecule has 0 bridgehead atoms. The molecule has 0 aliphatic heterocycles. The molecule has 0 radical (unpaired) electrons. The van der Waals surface area contributed by atoms with Crippen LogP contribution < -0.4 is 0 Å². The number of methoxy groups -OCH3 is 1. The van der Waals surface area contributed by atoms with E-state index in [4.69, 9.17) is 9.84 Å². The number of halogens is 1. The van der Waals surface area contributed by atoms with E-state index in [0.717, 1.165) is 16.7 Å². The van der Waals surface area contributed by atoms with Crippen LogP contribution in [0.25, 0.3) is 11.1 Å². The number of hydrogen-bond donors (Lipinski definition) is 1. The SMILES string of the molecule is COC(=O)/C(=C/CO)Cc1cc(-c2ccccc2F)ccc1C. The van der Waals surface area contributed by atoms with E-state index in [1.807, 2.05) is 25.1 Å². The molecule has 2 rings (SSSR count). The quantitative estimate of drug-likeness (QED) is 0.679. The highest BCUT2D eigenvalue weighted by Gasteiger charge is 2.13. The molecule has 0 unspecified atom stereocenters. The summed E-state index contributed by atoms with van der Waals surface area (Å²) in [7, 11) is 1.30. The number of benzene rings is 2. The predicted molar refractivity (Wildman–Crippen MR) is 87.5 cm³/mol. The maximum Gasteiger partial charge on any atom is 0.333 e. The van der Waals surface area contributed by atoms with Gasteiger partial charge in [-0.05, 0) is 35.8 Å². The Morgan fingerprint density at radius 1 is 1.26 bits per heavy atom. The van der Waals surface area contributed by atoms with Crippen molar-refractivity contribution in [1.82, 2.24) is 0 Å². The molecule has 2 aromatic rings. The molecule has 0 amide bonds. The van der Waals surface area contributed by atoms with Crippen LogP contribution in [0.15, 0.2) is 54.1 Å². The minimum atomic E-state index is -0.477. The first kappa shape index (κ1) is 16.9. The molecule has 120 valence electrons. The van der Waals surface area contributed by atoms with Crippen molar-refractivity contribution in [3.63, 3.8) is 0 Å². The Morgan fingerprint density at radius 3 is 2.65 bits per heavy atom. The average Bonchev–Trinajstić information content (AvgIpc) is 2.56. The minimum absolute atomic E-state index is 0.240. The number of aryl methyl sites for hydroxylation is 1. The normalized spacial score (nSPS) is 11.4. The van der Waals surface area contributed by atoms with E-state index in [1.54, 1.807) is 18.2 Å². The molecule has 4 heteroatoms. The molecule has 0 aromatic heterocycles. The first-order valence-corrected chi connectivity index (χ1v) is 7.29. The molecule has 0 aliphatic rings.